The number of carbonyl (C=O) groups excluding carboxylic acids is 9. The van der Waals surface area contributed by atoms with Crippen molar-refractivity contribution in [1.29, 1.82) is 0 Å². The number of nitrogens with one attached hydrogen (secondary N) is 9. The second-order valence-electron chi connectivity index (χ2n) is 29.3. The number of amides is 9. The molecule has 0 spiro atoms. The fourth-order valence-electron chi connectivity index (χ4n) is 13.1. The van der Waals surface area contributed by atoms with Crippen molar-refractivity contribution in [2.24, 2.45) is 5.92 Å². The van der Waals surface area contributed by atoms with Crippen LogP contribution >= 0.6 is 7.82 Å². The van der Waals surface area contributed by atoms with E-state index in [0.29, 0.717) is 129 Å². The Kier molecular flexibility index (Phi) is 57.8. The van der Waals surface area contributed by atoms with Crippen LogP contribution in [0, 0.1) is 5.92 Å². The molecule has 20 N–H and O–H groups in total. The third-order valence-electron chi connectivity index (χ3n) is 19.7. The van der Waals surface area contributed by atoms with Crippen LogP contribution in [0.1, 0.15) is 234 Å². The molecular weight excluding hydrogens is 1530 g/mol. The van der Waals surface area contributed by atoms with Gasteiger partial charge in [0.1, 0.15) is 85.1 Å². The number of aliphatic hydroxyl groups is 10. The summed E-state index contributed by atoms with van der Waals surface area (Å²) in [6.07, 6.45) is 1.13. The van der Waals surface area contributed by atoms with Gasteiger partial charge in [-0.15, -0.1) is 0 Å². The molecule has 3 rings (SSSR count). The fourth-order valence-corrected chi connectivity index (χ4v) is 13.6. The fraction of sp³-hybridized carbons (Fsp3) is 0.882. The molecule has 0 aromatic heterocycles. The van der Waals surface area contributed by atoms with Crippen LogP contribution in [0.4, 0.5) is 0 Å². The Labute approximate surface area is 677 Å². The zero-order chi connectivity index (χ0) is 85.5. The van der Waals surface area contributed by atoms with Gasteiger partial charge >= 0.3 is 7.82 Å². The Morgan fingerprint density at radius 1 is 0.383 bits per heavy atom. The molecule has 0 bridgehead atoms. The van der Waals surface area contributed by atoms with E-state index in [1.807, 2.05) is 13.8 Å². The summed E-state index contributed by atoms with van der Waals surface area (Å²) in [5.74, 6) is -3.80. The van der Waals surface area contributed by atoms with Crippen LogP contribution in [0.25, 0.3) is 0 Å². The molecule has 38 nitrogen and oxygen atoms in total. The molecule has 0 aromatic rings. The Hall–Kier alpha value is -5.30. The Balaban J connectivity index is 0.0000222. The van der Waals surface area contributed by atoms with E-state index >= 15 is 0 Å². The van der Waals surface area contributed by atoms with Crippen molar-refractivity contribution < 1.29 is 141 Å². The molecule has 3 aliphatic heterocycles. The average Bonchev–Trinajstić information content (AvgIpc) is 0.820. The number of ether oxygens (including phenoxy) is 6. The number of phosphoric ester groups is 1. The molecule has 19 atom stereocenters. The molecule has 9 amide bonds. The molecule has 115 heavy (non-hydrogen) atoms. The maximum atomic E-state index is 14.5. The van der Waals surface area contributed by atoms with E-state index in [1.54, 1.807) is 0 Å². The van der Waals surface area contributed by atoms with Gasteiger partial charge < -0.3 is 132 Å². The quantitative estimate of drug-likeness (QED) is 0.0277. The van der Waals surface area contributed by atoms with Gasteiger partial charge in [0.25, 0.3) is 0 Å². The lowest BCUT2D eigenvalue weighted by molar-refractivity contribution is -0.270. The lowest BCUT2D eigenvalue weighted by Gasteiger charge is -2.42. The van der Waals surface area contributed by atoms with E-state index in [-0.39, 0.29) is 102 Å². The van der Waals surface area contributed by atoms with Crippen molar-refractivity contribution >= 4 is 61.0 Å². The van der Waals surface area contributed by atoms with Gasteiger partial charge in [-0.25, -0.2) is 4.57 Å². The lowest BCUT2D eigenvalue weighted by Crippen LogP contribution is -2.64. The van der Waals surface area contributed by atoms with Crippen molar-refractivity contribution in [3.8, 4) is 0 Å². The van der Waals surface area contributed by atoms with Crippen LogP contribution in [-0.4, -0.2) is 299 Å². The second kappa shape index (κ2) is 62.8. The van der Waals surface area contributed by atoms with Gasteiger partial charge in [0.2, 0.25) is 53.2 Å². The Morgan fingerprint density at radius 3 is 1.03 bits per heavy atom. The predicted molar refractivity (Wildman–Crippen MR) is 418 cm³/mol. The molecular formula is C76H142N9O29P. The molecule has 3 aliphatic rings. The van der Waals surface area contributed by atoms with Crippen molar-refractivity contribution in [3.63, 3.8) is 0 Å². The van der Waals surface area contributed by atoms with Crippen LogP contribution in [0.5, 0.6) is 0 Å². The van der Waals surface area contributed by atoms with E-state index in [4.69, 9.17) is 32.9 Å². The highest BCUT2D eigenvalue weighted by molar-refractivity contribution is 7.47. The van der Waals surface area contributed by atoms with Crippen molar-refractivity contribution in [3.05, 3.63) is 0 Å². The van der Waals surface area contributed by atoms with Crippen molar-refractivity contribution in [2.45, 2.75) is 338 Å². The first-order chi connectivity index (χ1) is 55.1. The average molecular weight is 1680 g/mol. The van der Waals surface area contributed by atoms with E-state index in [2.05, 4.69) is 52.4 Å². The van der Waals surface area contributed by atoms with Gasteiger partial charge in [-0.05, 0) is 103 Å². The largest absolute Gasteiger partial charge is 0.471 e. The second-order valence-corrected chi connectivity index (χ2v) is 30.8. The first kappa shape index (κ1) is 106. The van der Waals surface area contributed by atoms with Crippen LogP contribution < -0.4 is 47.9 Å². The van der Waals surface area contributed by atoms with Crippen molar-refractivity contribution in [2.75, 3.05) is 86.1 Å². The molecule has 17 unspecified atom stereocenters. The summed E-state index contributed by atoms with van der Waals surface area (Å²) in [4.78, 5) is 126. The van der Waals surface area contributed by atoms with Crippen molar-refractivity contribution in [1.82, 2.24) is 47.9 Å². The number of phosphoric acid groups is 1. The van der Waals surface area contributed by atoms with E-state index in [1.165, 1.54) is 20.8 Å². The molecule has 670 valence electrons. The summed E-state index contributed by atoms with van der Waals surface area (Å²) < 4.78 is 55.0. The maximum Gasteiger partial charge on any atom is 0.471 e. The predicted octanol–water partition coefficient (Wildman–Crippen LogP) is -0.207. The molecule has 39 heteroatoms. The standard InChI is InChI=1S/C74H136N9O29P.C2H6/c1-48(88)79-61-67(98)64(95)54(44-85)110-72(61)106-40-26-12-16-33-58(92)76-37-24-20-30-52(70(101)78-39-22-11-9-7-5-6-8-10-15-32-57(91)75-36-23-19-29-51(43-84)47-109-113(103,104)105-4)83-71(102)53(82-60(94)35-18-14-28-42-108-74-63(81-50(3)90)69(100)66(97)56(46-87)112-74)31-21-25-38-77-59(93)34-17-13-27-41-107-73-62(80-49(2)89)68(99)65(96)55(45-86)111-73;1-2/h51-56,61-69,72-74,84-87,95-100H,5-47H2,1-4H3,(H,75,91)(H,76,92)(H,77,93)(H,78,101)(H,79,88)(H,80,89)(H,81,90)(H,82,94)(H,83,102)(H,103,104);1-2H3/t51?,52-,53-,54?,55?,56?,61?,62?,63?,64?,65?,66?,67?,68?,69?,72?,73?,74?;/m0./s1. The monoisotopic (exact) mass is 1680 g/mol. The van der Waals surface area contributed by atoms with Crippen LogP contribution in [0.2, 0.25) is 0 Å². The minimum absolute atomic E-state index is 0.0123. The van der Waals surface area contributed by atoms with E-state index < -0.39 is 167 Å². The summed E-state index contributed by atoms with van der Waals surface area (Å²) in [6.45, 7) is 7.18. The van der Waals surface area contributed by atoms with E-state index in [0.717, 1.165) is 58.5 Å². The third-order valence-corrected chi connectivity index (χ3v) is 20.7. The minimum atomic E-state index is -4.13. The number of carbonyl (C=O) groups is 9. The molecule has 3 heterocycles. The summed E-state index contributed by atoms with van der Waals surface area (Å²) in [7, 11) is -3.07. The van der Waals surface area contributed by atoms with Gasteiger partial charge in [0.15, 0.2) is 18.9 Å². The van der Waals surface area contributed by atoms with Gasteiger partial charge in [-0.2, -0.15) is 0 Å². The normalized spacial score (nSPS) is 24.6. The topological polar surface area (TPSA) is 575 Å². The first-order valence-corrected chi connectivity index (χ1v) is 42.9. The van der Waals surface area contributed by atoms with Crippen LogP contribution in [0.15, 0.2) is 0 Å². The number of rotatable bonds is 63. The highest BCUT2D eigenvalue weighted by Gasteiger charge is 2.48. The SMILES string of the molecule is CC.COP(=O)(O)OCC(CO)CCCCNC(=O)CCCCCCCCCCCNC(=O)[C@H](CCCCNC(=O)CCCCCOC1OC(CO)C(O)C(O)C1NC(C)=O)NC(=O)[C@H](CCCCNC(=O)CCCCCOC1OC(CO)C(O)C(O)C1NC(C)=O)NC(=O)CCCCCOC1OC(CO)C(O)C(O)C1NC(C)=O. The Morgan fingerprint density at radius 2 is 0.687 bits per heavy atom. The minimum Gasteiger partial charge on any atom is -0.396 e. The maximum absolute atomic E-state index is 14.5. The molecule has 0 aromatic carbocycles. The summed E-state index contributed by atoms with van der Waals surface area (Å²) in [5.41, 5.74) is 0. The number of hydrogen-bond donors (Lipinski definition) is 20. The number of aliphatic hydroxyl groups excluding tert-OH is 10. The number of unbranched alkanes of at least 4 members (excludes halogenated alkanes) is 17. The van der Waals surface area contributed by atoms with Crippen LogP contribution in [-0.2, 0) is 85.2 Å². The Bertz CT molecular complexity index is 2760. The van der Waals surface area contributed by atoms with Gasteiger partial charge in [0.05, 0.1) is 26.4 Å². The molecule has 0 saturated carbocycles. The summed E-state index contributed by atoms with van der Waals surface area (Å²) >= 11 is 0. The molecule has 0 aliphatic carbocycles. The van der Waals surface area contributed by atoms with Crippen LogP contribution in [0.3, 0.4) is 0 Å². The summed E-state index contributed by atoms with van der Waals surface area (Å²) in [5, 5.41) is 126. The molecule has 3 fully saturated rings. The van der Waals surface area contributed by atoms with Gasteiger partial charge in [-0.3, -0.25) is 52.2 Å². The smallest absolute Gasteiger partial charge is 0.396 e. The first-order valence-electron chi connectivity index (χ1n) is 41.4. The lowest BCUT2D eigenvalue weighted by atomic mass is 9.97. The number of hydrogen-bond acceptors (Lipinski definition) is 28. The highest BCUT2D eigenvalue weighted by Crippen LogP contribution is 2.42. The highest BCUT2D eigenvalue weighted by atomic mass is 31.2. The third kappa shape index (κ3) is 45.1. The summed E-state index contributed by atoms with van der Waals surface area (Å²) in [6, 6.07) is -5.46. The van der Waals surface area contributed by atoms with Gasteiger partial charge in [-0.1, -0.05) is 84.5 Å². The molecule has 0 radical (unpaired) electrons. The zero-order valence-electron chi connectivity index (χ0n) is 68.5. The van der Waals surface area contributed by atoms with Gasteiger partial charge in [0, 0.05) is 112 Å². The van der Waals surface area contributed by atoms with E-state index in [9.17, 15) is 104 Å². The molecule has 3 saturated heterocycles. The zero-order valence-corrected chi connectivity index (χ0v) is 69.4.